The summed E-state index contributed by atoms with van der Waals surface area (Å²) in [7, 11) is 0. The molecular weight excluding hydrogens is 156 g/mol. The van der Waals surface area contributed by atoms with Gasteiger partial charge in [-0.3, -0.25) is 0 Å². The molecule has 0 heterocycles. The molecule has 0 fully saturated rings. The zero-order chi connectivity index (χ0) is 9.56. The molecule has 0 rings (SSSR count). The maximum Gasteiger partial charge on any atom is 0.330 e. The second kappa shape index (κ2) is 5.55. The molecular formula is C9H14O3. The first-order chi connectivity index (χ1) is 5.61. The van der Waals surface area contributed by atoms with Gasteiger partial charge in [-0.15, -0.1) is 6.58 Å². The van der Waals surface area contributed by atoms with E-state index in [4.69, 9.17) is 5.11 Å². The van der Waals surface area contributed by atoms with E-state index in [0.717, 1.165) is 0 Å². The first kappa shape index (κ1) is 10.9. The fourth-order valence-electron chi connectivity index (χ4n) is 0.641. The van der Waals surface area contributed by atoms with E-state index in [9.17, 15) is 4.79 Å². The van der Waals surface area contributed by atoms with E-state index in [2.05, 4.69) is 11.3 Å². The molecule has 12 heavy (non-hydrogen) atoms. The first-order valence-electron chi connectivity index (χ1n) is 3.77. The minimum atomic E-state index is -0.769. The van der Waals surface area contributed by atoms with Gasteiger partial charge in [0.15, 0.2) is 0 Å². The predicted molar refractivity (Wildman–Crippen MR) is 46.6 cm³/mol. The van der Waals surface area contributed by atoms with E-state index in [-0.39, 0.29) is 0 Å². The van der Waals surface area contributed by atoms with E-state index < -0.39 is 12.1 Å². The second-order valence-corrected chi connectivity index (χ2v) is 2.32. The summed E-state index contributed by atoms with van der Waals surface area (Å²) < 4.78 is 4.65. The molecule has 1 N–H and O–H groups in total. The number of carbonyl (C=O) groups is 1. The highest BCUT2D eigenvalue weighted by Gasteiger charge is 2.03. The van der Waals surface area contributed by atoms with Crippen molar-refractivity contribution in [1.82, 2.24) is 0 Å². The molecule has 0 aromatic heterocycles. The standard InChI is InChI=1S/C9H14O3/c1-4-8(10)7(3)6-9(11)12-5-2/h4,6,8,10H,1,5H2,2-3H3/b7-6+. The lowest BCUT2D eigenvalue weighted by Gasteiger charge is -2.04. The van der Waals surface area contributed by atoms with Gasteiger partial charge >= 0.3 is 5.97 Å². The number of esters is 1. The molecule has 0 amide bonds. The zero-order valence-electron chi connectivity index (χ0n) is 7.41. The third-order valence-electron chi connectivity index (χ3n) is 1.32. The zero-order valence-corrected chi connectivity index (χ0v) is 7.41. The number of aliphatic hydroxyl groups is 1. The Kier molecular flexibility index (Phi) is 5.04. The lowest BCUT2D eigenvalue weighted by Crippen LogP contribution is -2.07. The number of ether oxygens (including phenoxy) is 1. The van der Waals surface area contributed by atoms with Crippen LogP contribution in [0.4, 0.5) is 0 Å². The quantitative estimate of drug-likeness (QED) is 0.389. The Morgan fingerprint density at radius 1 is 1.75 bits per heavy atom. The van der Waals surface area contributed by atoms with Gasteiger partial charge in [0.05, 0.1) is 12.7 Å². The normalized spacial score (nSPS) is 13.8. The van der Waals surface area contributed by atoms with Crippen LogP contribution in [0.15, 0.2) is 24.3 Å². The van der Waals surface area contributed by atoms with E-state index in [1.807, 2.05) is 0 Å². The molecule has 0 aliphatic carbocycles. The SMILES string of the molecule is C=CC(O)/C(C)=C/C(=O)OCC. The van der Waals surface area contributed by atoms with E-state index in [1.165, 1.54) is 12.2 Å². The molecule has 0 aromatic carbocycles. The number of hydrogen-bond donors (Lipinski definition) is 1. The van der Waals surface area contributed by atoms with Crippen LogP contribution in [0, 0.1) is 0 Å². The Hall–Kier alpha value is -1.09. The summed E-state index contributed by atoms with van der Waals surface area (Å²) in [6.45, 7) is 7.10. The van der Waals surface area contributed by atoms with Gasteiger partial charge in [-0.05, 0) is 19.4 Å². The molecule has 3 heteroatoms. The highest BCUT2D eigenvalue weighted by molar-refractivity contribution is 5.82. The highest BCUT2D eigenvalue weighted by Crippen LogP contribution is 2.01. The Morgan fingerprint density at radius 3 is 2.75 bits per heavy atom. The fourth-order valence-corrected chi connectivity index (χ4v) is 0.641. The van der Waals surface area contributed by atoms with Crippen molar-refractivity contribution in [3.8, 4) is 0 Å². The van der Waals surface area contributed by atoms with Crippen LogP contribution in [0.3, 0.4) is 0 Å². The van der Waals surface area contributed by atoms with E-state index in [0.29, 0.717) is 12.2 Å². The molecule has 0 aromatic rings. The molecule has 1 unspecified atom stereocenters. The minimum Gasteiger partial charge on any atom is -0.463 e. The van der Waals surface area contributed by atoms with Crippen LogP contribution in [0.1, 0.15) is 13.8 Å². The Labute approximate surface area is 72.3 Å². The third kappa shape index (κ3) is 3.93. The summed E-state index contributed by atoms with van der Waals surface area (Å²) in [6, 6.07) is 0. The summed E-state index contributed by atoms with van der Waals surface area (Å²) in [5.74, 6) is -0.434. The predicted octanol–water partition coefficient (Wildman–Crippen LogP) is 1.04. The first-order valence-corrected chi connectivity index (χ1v) is 3.77. The van der Waals surface area contributed by atoms with Crippen LogP contribution in [0.25, 0.3) is 0 Å². The van der Waals surface area contributed by atoms with Crippen molar-refractivity contribution in [2.45, 2.75) is 20.0 Å². The maximum absolute atomic E-state index is 10.8. The molecule has 0 spiro atoms. The molecule has 0 bridgehead atoms. The lowest BCUT2D eigenvalue weighted by molar-refractivity contribution is -0.137. The molecule has 0 aliphatic heterocycles. The summed E-state index contributed by atoms with van der Waals surface area (Å²) in [4.78, 5) is 10.8. The van der Waals surface area contributed by atoms with Crippen molar-refractivity contribution in [1.29, 1.82) is 0 Å². The van der Waals surface area contributed by atoms with Crippen molar-refractivity contribution in [3.63, 3.8) is 0 Å². The molecule has 0 radical (unpaired) electrons. The van der Waals surface area contributed by atoms with Gasteiger partial charge in [-0.1, -0.05) is 6.08 Å². The molecule has 0 saturated carbocycles. The van der Waals surface area contributed by atoms with Crippen molar-refractivity contribution in [2.75, 3.05) is 6.61 Å². The molecule has 0 saturated heterocycles. The van der Waals surface area contributed by atoms with Crippen molar-refractivity contribution >= 4 is 5.97 Å². The fraction of sp³-hybridized carbons (Fsp3) is 0.444. The average molecular weight is 170 g/mol. The van der Waals surface area contributed by atoms with Gasteiger partial charge in [0.1, 0.15) is 0 Å². The Bertz CT molecular complexity index is 194. The summed E-state index contributed by atoms with van der Waals surface area (Å²) in [6.07, 6.45) is 1.84. The van der Waals surface area contributed by atoms with Crippen LogP contribution in [0.2, 0.25) is 0 Å². The highest BCUT2D eigenvalue weighted by atomic mass is 16.5. The summed E-state index contributed by atoms with van der Waals surface area (Å²) >= 11 is 0. The monoisotopic (exact) mass is 170 g/mol. The van der Waals surface area contributed by atoms with Crippen LogP contribution >= 0.6 is 0 Å². The third-order valence-corrected chi connectivity index (χ3v) is 1.32. The second-order valence-electron chi connectivity index (χ2n) is 2.32. The van der Waals surface area contributed by atoms with Gasteiger partial charge in [-0.25, -0.2) is 4.79 Å². The Balaban J connectivity index is 4.14. The number of aliphatic hydroxyl groups excluding tert-OH is 1. The van der Waals surface area contributed by atoms with Crippen molar-refractivity contribution in [2.24, 2.45) is 0 Å². The van der Waals surface area contributed by atoms with E-state index >= 15 is 0 Å². The van der Waals surface area contributed by atoms with Crippen LogP contribution in [0.5, 0.6) is 0 Å². The smallest absolute Gasteiger partial charge is 0.330 e. The van der Waals surface area contributed by atoms with Crippen molar-refractivity contribution < 1.29 is 14.6 Å². The van der Waals surface area contributed by atoms with Crippen LogP contribution in [-0.2, 0) is 9.53 Å². The van der Waals surface area contributed by atoms with Gasteiger partial charge < -0.3 is 9.84 Å². The Morgan fingerprint density at radius 2 is 2.33 bits per heavy atom. The van der Waals surface area contributed by atoms with Crippen LogP contribution in [-0.4, -0.2) is 23.8 Å². The number of carbonyl (C=O) groups excluding carboxylic acids is 1. The molecule has 3 nitrogen and oxygen atoms in total. The van der Waals surface area contributed by atoms with E-state index in [1.54, 1.807) is 13.8 Å². The largest absolute Gasteiger partial charge is 0.463 e. The summed E-state index contributed by atoms with van der Waals surface area (Å²) in [5, 5.41) is 9.15. The molecule has 1 atom stereocenters. The van der Waals surface area contributed by atoms with Gasteiger partial charge in [0.2, 0.25) is 0 Å². The minimum absolute atomic E-state index is 0.340. The van der Waals surface area contributed by atoms with Gasteiger partial charge in [0, 0.05) is 6.08 Å². The van der Waals surface area contributed by atoms with Crippen LogP contribution < -0.4 is 0 Å². The number of rotatable bonds is 4. The topological polar surface area (TPSA) is 46.5 Å². The lowest BCUT2D eigenvalue weighted by atomic mass is 10.1. The summed E-state index contributed by atoms with van der Waals surface area (Å²) in [5.41, 5.74) is 0.531. The van der Waals surface area contributed by atoms with Gasteiger partial charge in [-0.2, -0.15) is 0 Å². The van der Waals surface area contributed by atoms with Crippen molar-refractivity contribution in [3.05, 3.63) is 24.3 Å². The molecule has 0 aliphatic rings. The number of hydrogen-bond acceptors (Lipinski definition) is 3. The maximum atomic E-state index is 10.8. The average Bonchev–Trinajstić information content (AvgIpc) is 2.03. The van der Waals surface area contributed by atoms with Gasteiger partial charge in [0.25, 0.3) is 0 Å². The molecule has 68 valence electrons.